The van der Waals surface area contributed by atoms with Crippen molar-refractivity contribution in [1.82, 2.24) is 10.6 Å². The van der Waals surface area contributed by atoms with Gasteiger partial charge in [0.05, 0.1) is 0 Å². The molecule has 0 atom stereocenters. The zero-order valence-electron chi connectivity index (χ0n) is 7.55. The maximum Gasteiger partial charge on any atom is 0.0153 e. The fraction of sp³-hybridized carbons (Fsp3) is 0.750. The summed E-state index contributed by atoms with van der Waals surface area (Å²) in [5.41, 5.74) is 10.6. The van der Waals surface area contributed by atoms with Crippen LogP contribution in [-0.4, -0.2) is 26.2 Å². The third-order valence-electron chi connectivity index (χ3n) is 1.37. The molecule has 0 aromatic carbocycles. The first-order valence-corrected chi connectivity index (χ1v) is 4.43. The molecule has 12 heavy (non-hydrogen) atoms. The van der Waals surface area contributed by atoms with Gasteiger partial charge in [0.25, 0.3) is 0 Å². The standard InChI is InChI=1S/C8H20N4/c9-3-1-5-11-7-8-12-6-2-4-10/h7-8,11-12H,1-6,9-10H2. The van der Waals surface area contributed by atoms with Gasteiger partial charge in [-0.25, -0.2) is 0 Å². The summed E-state index contributed by atoms with van der Waals surface area (Å²) in [5, 5.41) is 6.22. The Balaban J connectivity index is 2.93. The highest BCUT2D eigenvalue weighted by molar-refractivity contribution is 4.76. The summed E-state index contributed by atoms with van der Waals surface area (Å²) >= 11 is 0. The summed E-state index contributed by atoms with van der Waals surface area (Å²) < 4.78 is 0. The Morgan fingerprint density at radius 2 is 1.25 bits per heavy atom. The highest BCUT2D eigenvalue weighted by atomic mass is 14.9. The number of hydrogen-bond acceptors (Lipinski definition) is 4. The van der Waals surface area contributed by atoms with Gasteiger partial charge in [0.1, 0.15) is 0 Å². The van der Waals surface area contributed by atoms with E-state index in [1.165, 1.54) is 0 Å². The summed E-state index contributed by atoms with van der Waals surface area (Å²) in [6.07, 6.45) is 5.80. The van der Waals surface area contributed by atoms with Gasteiger partial charge in [-0.15, -0.1) is 0 Å². The SMILES string of the molecule is NCCCNC=CNCCCN. The van der Waals surface area contributed by atoms with Gasteiger partial charge in [0.15, 0.2) is 0 Å². The Bertz CT molecular complexity index is 91.2. The lowest BCUT2D eigenvalue weighted by molar-refractivity contribution is 0.737. The molecule has 0 bridgehead atoms. The molecule has 0 fully saturated rings. The molecule has 0 aliphatic rings. The third-order valence-corrected chi connectivity index (χ3v) is 1.37. The summed E-state index contributed by atoms with van der Waals surface area (Å²) in [6, 6.07) is 0. The molecule has 0 heterocycles. The molecule has 0 amide bonds. The average Bonchev–Trinajstić information content (AvgIpc) is 2.10. The largest absolute Gasteiger partial charge is 0.390 e. The minimum Gasteiger partial charge on any atom is -0.390 e. The second kappa shape index (κ2) is 10.3. The molecule has 0 aliphatic heterocycles. The molecule has 0 aromatic heterocycles. The predicted molar refractivity (Wildman–Crippen MR) is 52.5 cm³/mol. The summed E-state index contributed by atoms with van der Waals surface area (Å²) in [7, 11) is 0. The van der Waals surface area contributed by atoms with E-state index in [0.717, 1.165) is 39.0 Å². The third kappa shape index (κ3) is 9.26. The molecule has 4 heteroatoms. The highest BCUT2D eigenvalue weighted by Crippen LogP contribution is 1.71. The smallest absolute Gasteiger partial charge is 0.0153 e. The second-order valence-corrected chi connectivity index (χ2v) is 2.53. The van der Waals surface area contributed by atoms with E-state index in [-0.39, 0.29) is 0 Å². The van der Waals surface area contributed by atoms with Crippen LogP contribution in [0.1, 0.15) is 12.8 Å². The van der Waals surface area contributed by atoms with Crippen molar-refractivity contribution in [3.05, 3.63) is 12.4 Å². The van der Waals surface area contributed by atoms with E-state index in [4.69, 9.17) is 11.5 Å². The van der Waals surface area contributed by atoms with Crippen LogP contribution in [0.4, 0.5) is 0 Å². The molecule has 72 valence electrons. The molecule has 6 N–H and O–H groups in total. The molecule has 0 aliphatic carbocycles. The van der Waals surface area contributed by atoms with Crippen molar-refractivity contribution in [2.45, 2.75) is 12.8 Å². The Labute approximate surface area is 74.4 Å². The molecule has 0 rings (SSSR count). The van der Waals surface area contributed by atoms with E-state index >= 15 is 0 Å². The number of nitrogens with one attached hydrogen (secondary N) is 2. The van der Waals surface area contributed by atoms with Crippen LogP contribution in [0.5, 0.6) is 0 Å². The molecule has 0 radical (unpaired) electrons. The van der Waals surface area contributed by atoms with Gasteiger partial charge in [0, 0.05) is 25.5 Å². The molecule has 0 spiro atoms. The maximum absolute atomic E-state index is 5.32. The van der Waals surface area contributed by atoms with Crippen LogP contribution in [0.3, 0.4) is 0 Å². The Hall–Kier alpha value is -0.740. The van der Waals surface area contributed by atoms with Crippen LogP contribution in [0.25, 0.3) is 0 Å². The van der Waals surface area contributed by atoms with E-state index in [0.29, 0.717) is 0 Å². The average molecular weight is 172 g/mol. The van der Waals surface area contributed by atoms with Gasteiger partial charge < -0.3 is 22.1 Å². The van der Waals surface area contributed by atoms with Gasteiger partial charge in [-0.3, -0.25) is 0 Å². The summed E-state index contributed by atoms with van der Waals surface area (Å²) in [5.74, 6) is 0. The van der Waals surface area contributed by atoms with Gasteiger partial charge in [-0.1, -0.05) is 0 Å². The van der Waals surface area contributed by atoms with Crippen molar-refractivity contribution in [3.8, 4) is 0 Å². The van der Waals surface area contributed by atoms with E-state index in [1.807, 2.05) is 12.4 Å². The number of hydrogen-bond donors (Lipinski definition) is 4. The Morgan fingerprint density at radius 1 is 0.833 bits per heavy atom. The fourth-order valence-corrected chi connectivity index (χ4v) is 0.693. The molecule has 0 saturated heterocycles. The maximum atomic E-state index is 5.32. The van der Waals surface area contributed by atoms with Crippen molar-refractivity contribution in [3.63, 3.8) is 0 Å². The van der Waals surface area contributed by atoms with E-state index in [1.54, 1.807) is 0 Å². The first-order valence-electron chi connectivity index (χ1n) is 4.43. The lowest BCUT2D eigenvalue weighted by atomic mass is 10.4. The van der Waals surface area contributed by atoms with Crippen molar-refractivity contribution < 1.29 is 0 Å². The van der Waals surface area contributed by atoms with Crippen molar-refractivity contribution in [2.75, 3.05) is 26.2 Å². The van der Waals surface area contributed by atoms with E-state index in [9.17, 15) is 0 Å². The predicted octanol–water partition coefficient (Wildman–Crippen LogP) is -0.666. The van der Waals surface area contributed by atoms with Crippen LogP contribution in [0.2, 0.25) is 0 Å². The number of nitrogens with two attached hydrogens (primary N) is 2. The van der Waals surface area contributed by atoms with Crippen molar-refractivity contribution >= 4 is 0 Å². The molecular formula is C8H20N4. The van der Waals surface area contributed by atoms with Gasteiger partial charge in [0.2, 0.25) is 0 Å². The van der Waals surface area contributed by atoms with Gasteiger partial charge >= 0.3 is 0 Å². The molecule has 0 aromatic rings. The van der Waals surface area contributed by atoms with E-state index in [2.05, 4.69) is 10.6 Å². The lowest BCUT2D eigenvalue weighted by Gasteiger charge is -1.99. The molecular weight excluding hydrogens is 152 g/mol. The van der Waals surface area contributed by atoms with Crippen molar-refractivity contribution in [1.29, 1.82) is 0 Å². The van der Waals surface area contributed by atoms with Gasteiger partial charge in [-0.2, -0.15) is 0 Å². The molecule has 0 unspecified atom stereocenters. The lowest BCUT2D eigenvalue weighted by Crippen LogP contribution is -2.15. The second-order valence-electron chi connectivity index (χ2n) is 2.53. The normalized spacial score (nSPS) is 10.5. The van der Waals surface area contributed by atoms with Crippen molar-refractivity contribution in [2.24, 2.45) is 11.5 Å². The first-order chi connectivity index (χ1) is 5.91. The highest BCUT2D eigenvalue weighted by Gasteiger charge is 1.79. The zero-order chi connectivity index (χ0) is 9.07. The molecule has 0 saturated carbocycles. The minimum atomic E-state index is 0.738. The minimum absolute atomic E-state index is 0.738. The first kappa shape index (κ1) is 11.3. The topological polar surface area (TPSA) is 76.1 Å². The summed E-state index contributed by atoms with van der Waals surface area (Å²) in [6.45, 7) is 3.35. The Kier molecular flexibility index (Phi) is 9.63. The van der Waals surface area contributed by atoms with Crippen LogP contribution in [0.15, 0.2) is 12.4 Å². The van der Waals surface area contributed by atoms with Crippen LogP contribution in [-0.2, 0) is 0 Å². The summed E-state index contributed by atoms with van der Waals surface area (Å²) in [4.78, 5) is 0. The number of rotatable bonds is 8. The van der Waals surface area contributed by atoms with Gasteiger partial charge in [-0.05, 0) is 25.9 Å². The van der Waals surface area contributed by atoms with E-state index < -0.39 is 0 Å². The fourth-order valence-electron chi connectivity index (χ4n) is 0.693. The van der Waals surface area contributed by atoms with Crippen LogP contribution >= 0.6 is 0 Å². The Morgan fingerprint density at radius 3 is 1.58 bits per heavy atom. The molecule has 4 nitrogen and oxygen atoms in total. The van der Waals surface area contributed by atoms with Crippen LogP contribution < -0.4 is 22.1 Å². The van der Waals surface area contributed by atoms with Crippen LogP contribution in [0, 0.1) is 0 Å². The quantitative estimate of drug-likeness (QED) is 0.366. The zero-order valence-corrected chi connectivity index (χ0v) is 7.55. The monoisotopic (exact) mass is 172 g/mol.